The largest absolute Gasteiger partial charge is 0.477 e. The molecule has 0 atom stereocenters. The molecular weight excluding hydrogens is 342 g/mol. The normalized spacial score (nSPS) is 16.1. The van der Waals surface area contributed by atoms with Gasteiger partial charge in [-0.05, 0) is 35.9 Å². The number of carboxylic acids is 1. The van der Waals surface area contributed by atoms with E-state index < -0.39 is 16.0 Å². The molecule has 0 unspecified atom stereocenters. The number of benzene rings is 1. The first-order valence-corrected chi connectivity index (χ1v) is 8.89. The van der Waals surface area contributed by atoms with Gasteiger partial charge in [0, 0.05) is 23.7 Å². The van der Waals surface area contributed by atoms with Crippen LogP contribution >= 0.6 is 0 Å². The lowest BCUT2D eigenvalue weighted by Gasteiger charge is -2.29. The molecule has 3 aliphatic rings. The first kappa shape index (κ1) is 15.5. The lowest BCUT2D eigenvalue weighted by molar-refractivity contribution is -0.133. The maximum absolute atomic E-state index is 12.7. The molecule has 4 rings (SSSR count). The molecule has 1 aromatic rings. The number of aliphatic carboxylic acids is 1. The predicted octanol–water partition coefficient (Wildman–Crippen LogP) is 2.86. The Kier molecular flexibility index (Phi) is 3.23. The molecule has 0 saturated carbocycles. The van der Waals surface area contributed by atoms with Crippen molar-refractivity contribution >= 4 is 21.6 Å². The van der Waals surface area contributed by atoms with Crippen molar-refractivity contribution < 1.29 is 22.7 Å². The first-order valence-electron chi connectivity index (χ1n) is 7.45. The van der Waals surface area contributed by atoms with Crippen LogP contribution in [0.2, 0.25) is 0 Å². The number of sulfonamides is 1. The fraction of sp³-hybridized carbons (Fsp3) is 0.0556. The zero-order valence-electron chi connectivity index (χ0n) is 13.1. The molecule has 0 spiro atoms. The van der Waals surface area contributed by atoms with E-state index in [-0.39, 0.29) is 10.6 Å². The van der Waals surface area contributed by atoms with Crippen molar-refractivity contribution in [2.24, 2.45) is 0 Å². The zero-order valence-corrected chi connectivity index (χ0v) is 13.9. The molecule has 0 radical (unpaired) electrons. The van der Waals surface area contributed by atoms with Gasteiger partial charge >= 0.3 is 5.97 Å². The quantitative estimate of drug-likeness (QED) is 0.764. The molecule has 0 saturated heterocycles. The average Bonchev–Trinajstić information content (AvgIpc) is 3.01. The van der Waals surface area contributed by atoms with Gasteiger partial charge in [-0.2, -0.15) is 0 Å². The van der Waals surface area contributed by atoms with Crippen molar-refractivity contribution in [2.75, 3.05) is 7.05 Å². The van der Waals surface area contributed by atoms with Crippen LogP contribution in [0.25, 0.3) is 16.9 Å². The van der Waals surface area contributed by atoms with Crippen LogP contribution in [0, 0.1) is 0 Å². The Labute approximate surface area is 144 Å². The van der Waals surface area contributed by atoms with Gasteiger partial charge < -0.3 is 9.52 Å². The highest BCUT2D eigenvalue weighted by atomic mass is 32.2. The Morgan fingerprint density at radius 1 is 1.00 bits per heavy atom. The summed E-state index contributed by atoms with van der Waals surface area (Å²) < 4.78 is 31.7. The molecule has 2 aliphatic heterocycles. The van der Waals surface area contributed by atoms with Crippen molar-refractivity contribution in [3.8, 4) is 11.3 Å². The maximum atomic E-state index is 12.7. The van der Waals surface area contributed by atoms with Crippen LogP contribution in [-0.4, -0.2) is 30.8 Å². The van der Waals surface area contributed by atoms with Gasteiger partial charge in [0.1, 0.15) is 11.5 Å². The van der Waals surface area contributed by atoms with E-state index in [1.54, 1.807) is 36.4 Å². The van der Waals surface area contributed by atoms with E-state index in [1.807, 2.05) is 6.07 Å². The summed E-state index contributed by atoms with van der Waals surface area (Å²) in [5, 5.41) is 9.72. The number of carboxylic acid groups (broad SMARTS) is 1. The SMILES string of the molecule is CN1C(C(=O)O)=C(c2ccc3occcc2-3)c2ccccc2S1(=O)=O. The summed E-state index contributed by atoms with van der Waals surface area (Å²) in [7, 11) is -2.67. The fourth-order valence-electron chi connectivity index (χ4n) is 3.18. The van der Waals surface area contributed by atoms with Crippen molar-refractivity contribution in [1.29, 1.82) is 0 Å². The summed E-state index contributed by atoms with van der Waals surface area (Å²) in [6, 6.07) is 13.4. The lowest BCUT2D eigenvalue weighted by atomic mass is 9.94. The summed E-state index contributed by atoms with van der Waals surface area (Å²) in [4.78, 5) is 12.0. The molecule has 1 aliphatic carbocycles. The number of likely N-dealkylation sites (N-methyl/N-ethyl adjacent to an activating group) is 1. The van der Waals surface area contributed by atoms with Crippen LogP contribution in [0.1, 0.15) is 11.1 Å². The van der Waals surface area contributed by atoms with Crippen molar-refractivity contribution in [1.82, 2.24) is 4.31 Å². The van der Waals surface area contributed by atoms with E-state index in [0.717, 1.165) is 9.87 Å². The Morgan fingerprint density at radius 3 is 2.48 bits per heavy atom. The van der Waals surface area contributed by atoms with E-state index in [9.17, 15) is 18.3 Å². The molecule has 0 bridgehead atoms. The standard InChI is InChI=1S/C18H13NO5S/c1-19-17(18(20)21)16(12-8-9-14-11(12)6-4-10-24-14)13-5-2-3-7-15(13)25(19,22)23/h2-10H,1H3,(H,20,21). The zero-order chi connectivity index (χ0) is 17.8. The van der Waals surface area contributed by atoms with Crippen molar-refractivity contribution in [3.05, 3.63) is 71.6 Å². The second kappa shape index (κ2) is 5.22. The number of rotatable bonds is 2. The van der Waals surface area contributed by atoms with Crippen molar-refractivity contribution in [3.63, 3.8) is 0 Å². The highest BCUT2D eigenvalue weighted by Crippen LogP contribution is 2.43. The molecule has 0 amide bonds. The van der Waals surface area contributed by atoms with E-state index >= 15 is 0 Å². The second-order valence-corrected chi connectivity index (χ2v) is 7.57. The molecule has 0 fully saturated rings. The van der Waals surface area contributed by atoms with Crippen LogP contribution in [0.4, 0.5) is 0 Å². The number of fused-ring (bicyclic) bond motifs is 2. The van der Waals surface area contributed by atoms with E-state index in [4.69, 9.17) is 4.42 Å². The predicted molar refractivity (Wildman–Crippen MR) is 90.4 cm³/mol. The van der Waals surface area contributed by atoms with Crippen LogP contribution in [0.3, 0.4) is 0 Å². The Balaban J connectivity index is 2.14. The summed E-state index contributed by atoms with van der Waals surface area (Å²) >= 11 is 0. The van der Waals surface area contributed by atoms with Crippen LogP contribution in [0.15, 0.2) is 69.8 Å². The average molecular weight is 355 g/mol. The van der Waals surface area contributed by atoms with Gasteiger partial charge in [0.15, 0.2) is 0 Å². The minimum atomic E-state index is -3.92. The third kappa shape index (κ3) is 2.09. The monoisotopic (exact) mass is 355 g/mol. The molecule has 1 aromatic carbocycles. The van der Waals surface area contributed by atoms with Crippen LogP contribution < -0.4 is 0 Å². The highest BCUT2D eigenvalue weighted by molar-refractivity contribution is 7.89. The third-order valence-electron chi connectivity index (χ3n) is 4.31. The summed E-state index contributed by atoms with van der Waals surface area (Å²) in [5.74, 6) is -0.707. The van der Waals surface area contributed by atoms with E-state index in [0.29, 0.717) is 22.5 Å². The number of hydrogen-bond donors (Lipinski definition) is 1. The van der Waals surface area contributed by atoms with Gasteiger partial charge in [0.25, 0.3) is 10.0 Å². The van der Waals surface area contributed by atoms with E-state index in [1.165, 1.54) is 19.4 Å². The third-order valence-corrected chi connectivity index (χ3v) is 6.13. The second-order valence-electron chi connectivity index (χ2n) is 5.64. The molecule has 1 N–H and O–H groups in total. The molecule has 25 heavy (non-hydrogen) atoms. The topological polar surface area (TPSA) is 87.8 Å². The lowest BCUT2D eigenvalue weighted by Crippen LogP contribution is -2.35. The Bertz CT molecular complexity index is 1110. The minimum Gasteiger partial charge on any atom is -0.477 e. The van der Waals surface area contributed by atoms with Crippen molar-refractivity contribution in [2.45, 2.75) is 4.90 Å². The molecule has 0 aromatic heterocycles. The molecule has 2 heterocycles. The van der Waals surface area contributed by atoms with Crippen LogP contribution in [-0.2, 0) is 14.8 Å². The maximum Gasteiger partial charge on any atom is 0.353 e. The van der Waals surface area contributed by atoms with E-state index in [2.05, 4.69) is 0 Å². The minimum absolute atomic E-state index is 0.0831. The molecule has 7 heteroatoms. The van der Waals surface area contributed by atoms with Gasteiger partial charge in [-0.3, -0.25) is 4.31 Å². The van der Waals surface area contributed by atoms with Gasteiger partial charge in [-0.15, -0.1) is 0 Å². The molecular formula is C18H13NO5S. The summed E-state index contributed by atoms with van der Waals surface area (Å²) in [6.07, 6.45) is 1.53. The summed E-state index contributed by atoms with van der Waals surface area (Å²) in [5.41, 5.74) is 1.78. The fourth-order valence-corrected chi connectivity index (χ4v) is 4.58. The Hall–Kier alpha value is -3.06. The highest BCUT2D eigenvalue weighted by Gasteiger charge is 2.38. The molecule has 6 nitrogen and oxygen atoms in total. The smallest absolute Gasteiger partial charge is 0.353 e. The van der Waals surface area contributed by atoms with Crippen LogP contribution in [0.5, 0.6) is 0 Å². The van der Waals surface area contributed by atoms with Gasteiger partial charge in [0.05, 0.1) is 11.2 Å². The number of carbonyl (C=O) groups is 1. The summed E-state index contributed by atoms with van der Waals surface area (Å²) in [6.45, 7) is 0. The van der Waals surface area contributed by atoms with Gasteiger partial charge in [-0.1, -0.05) is 18.2 Å². The Morgan fingerprint density at radius 2 is 1.72 bits per heavy atom. The van der Waals surface area contributed by atoms with Gasteiger partial charge in [0.2, 0.25) is 0 Å². The van der Waals surface area contributed by atoms with Gasteiger partial charge in [-0.25, -0.2) is 13.2 Å². The number of nitrogens with zero attached hydrogens (tertiary/aromatic N) is 1. The molecule has 126 valence electrons. The number of hydrogen-bond acceptors (Lipinski definition) is 4. The first-order chi connectivity index (χ1) is 11.9.